The number of hydrogen-bond acceptors (Lipinski definition) is 5. The number of carbonyl (C=O) groups excluding carboxylic acids is 2. The van der Waals surface area contributed by atoms with Crippen LogP contribution in [0.15, 0.2) is 77.1 Å². The normalized spacial score (nSPS) is 11.4. The van der Waals surface area contributed by atoms with Crippen molar-refractivity contribution in [3.05, 3.63) is 77.1 Å². The molecule has 0 aliphatic carbocycles. The van der Waals surface area contributed by atoms with E-state index < -0.39 is 6.36 Å². The van der Waals surface area contributed by atoms with Gasteiger partial charge < -0.3 is 19.9 Å². The highest BCUT2D eigenvalue weighted by Gasteiger charge is 2.31. The van der Waals surface area contributed by atoms with Crippen LogP contribution in [0.1, 0.15) is 9.67 Å². The smallest absolute Gasteiger partial charge is 0.406 e. The molecule has 0 saturated heterocycles. The van der Waals surface area contributed by atoms with Gasteiger partial charge in [-0.05, 0) is 41.8 Å². The molecule has 2 aromatic carbocycles. The first kappa shape index (κ1) is 24.7. The minimum atomic E-state index is -4.77. The molecule has 0 unspecified atom stereocenters. The van der Waals surface area contributed by atoms with Gasteiger partial charge in [-0.2, -0.15) is 0 Å². The highest BCUT2D eigenvalue weighted by atomic mass is 32.2. The lowest BCUT2D eigenvalue weighted by atomic mass is 10.2. The number of ether oxygens (including phenoxy) is 1. The van der Waals surface area contributed by atoms with Crippen LogP contribution in [-0.4, -0.2) is 35.0 Å². The summed E-state index contributed by atoms with van der Waals surface area (Å²) < 4.78 is 42.7. The van der Waals surface area contributed by atoms with Gasteiger partial charge in [0.05, 0.1) is 10.6 Å². The number of carbonyl (C=O) groups is 2. The molecule has 0 saturated carbocycles. The van der Waals surface area contributed by atoms with Gasteiger partial charge in [0.2, 0.25) is 5.91 Å². The minimum absolute atomic E-state index is 0.110. The maximum Gasteiger partial charge on any atom is 0.573 e. The summed E-state index contributed by atoms with van der Waals surface area (Å²) in [6, 6.07) is 16.4. The van der Waals surface area contributed by atoms with Crippen LogP contribution in [0.3, 0.4) is 0 Å². The van der Waals surface area contributed by atoms with E-state index in [-0.39, 0.29) is 23.3 Å². The van der Waals surface area contributed by atoms with Crippen molar-refractivity contribution in [3.63, 3.8) is 0 Å². The zero-order valence-electron chi connectivity index (χ0n) is 18.2. The van der Waals surface area contributed by atoms with Crippen LogP contribution in [0, 0.1) is 0 Å². The van der Waals surface area contributed by atoms with E-state index in [1.807, 2.05) is 46.5 Å². The van der Waals surface area contributed by atoms with Crippen molar-refractivity contribution in [2.45, 2.75) is 17.8 Å². The van der Waals surface area contributed by atoms with Crippen molar-refractivity contribution in [2.24, 2.45) is 0 Å². The second-order valence-electron chi connectivity index (χ2n) is 7.35. The average molecular weight is 520 g/mol. The van der Waals surface area contributed by atoms with Crippen molar-refractivity contribution in [1.82, 2.24) is 9.88 Å². The lowest BCUT2D eigenvalue weighted by Gasteiger charge is -2.10. The van der Waals surface area contributed by atoms with Gasteiger partial charge in [-0.3, -0.25) is 9.59 Å². The number of anilines is 1. The molecule has 0 radical (unpaired) electrons. The molecule has 2 amide bonds. The maximum atomic E-state index is 12.4. The monoisotopic (exact) mass is 519 g/mol. The fourth-order valence-corrected chi connectivity index (χ4v) is 4.91. The zero-order valence-corrected chi connectivity index (χ0v) is 19.8. The van der Waals surface area contributed by atoms with E-state index in [9.17, 15) is 22.8 Å². The van der Waals surface area contributed by atoms with Gasteiger partial charge in [-0.25, -0.2) is 0 Å². The standard InChI is InChI=1S/C24H20F3N3O3S2/c25-24(26,27)33-17-9-7-16(8-10-17)29-22(31)15-35-21-14-30(19-5-2-1-4-18(19)21)12-11-28-23(32)20-6-3-13-34-20/h1-10,13-14H,11-12,15H2,(H,28,32)(H,29,31). The summed E-state index contributed by atoms with van der Waals surface area (Å²) in [7, 11) is 0. The molecular weight excluding hydrogens is 499 g/mol. The van der Waals surface area contributed by atoms with Gasteiger partial charge in [-0.15, -0.1) is 36.3 Å². The Kier molecular flexibility index (Phi) is 7.67. The second kappa shape index (κ2) is 10.9. The van der Waals surface area contributed by atoms with E-state index in [1.165, 1.54) is 35.2 Å². The lowest BCUT2D eigenvalue weighted by Crippen LogP contribution is -2.26. The summed E-state index contributed by atoms with van der Waals surface area (Å²) in [6.45, 7) is 1.02. The Hall–Kier alpha value is -3.44. The third-order valence-electron chi connectivity index (χ3n) is 4.87. The van der Waals surface area contributed by atoms with E-state index in [4.69, 9.17) is 0 Å². The number of alkyl halides is 3. The molecule has 0 aliphatic rings. The summed E-state index contributed by atoms with van der Waals surface area (Å²) in [5.74, 6) is -0.645. The van der Waals surface area contributed by atoms with Crippen LogP contribution < -0.4 is 15.4 Å². The van der Waals surface area contributed by atoms with E-state index in [0.29, 0.717) is 23.7 Å². The Labute approximate surface area is 207 Å². The molecular formula is C24H20F3N3O3S2. The van der Waals surface area contributed by atoms with E-state index in [0.717, 1.165) is 27.9 Å². The minimum Gasteiger partial charge on any atom is -0.406 e. The molecule has 0 spiro atoms. The number of benzene rings is 2. The van der Waals surface area contributed by atoms with Crippen molar-refractivity contribution in [3.8, 4) is 5.75 Å². The van der Waals surface area contributed by atoms with Gasteiger partial charge in [0, 0.05) is 40.8 Å². The Morgan fingerprint density at radius 1 is 1.03 bits per heavy atom. The van der Waals surface area contributed by atoms with Gasteiger partial charge >= 0.3 is 6.36 Å². The first-order valence-corrected chi connectivity index (χ1v) is 12.3. The molecule has 182 valence electrons. The van der Waals surface area contributed by atoms with E-state index in [1.54, 1.807) is 6.07 Å². The number of rotatable bonds is 9. The quantitative estimate of drug-likeness (QED) is 0.276. The predicted octanol–water partition coefficient (Wildman–Crippen LogP) is 5.76. The molecule has 11 heteroatoms. The number of halogens is 3. The first-order valence-electron chi connectivity index (χ1n) is 10.5. The van der Waals surface area contributed by atoms with Crippen LogP contribution >= 0.6 is 23.1 Å². The number of nitrogens with one attached hydrogen (secondary N) is 2. The Morgan fingerprint density at radius 3 is 2.51 bits per heavy atom. The number of para-hydroxylation sites is 1. The molecule has 0 bridgehead atoms. The van der Waals surface area contributed by atoms with Crippen molar-refractivity contribution < 1.29 is 27.5 Å². The molecule has 0 aliphatic heterocycles. The zero-order chi connectivity index (χ0) is 24.8. The number of thiophene rings is 1. The Morgan fingerprint density at radius 2 is 1.80 bits per heavy atom. The van der Waals surface area contributed by atoms with Crippen molar-refractivity contribution >= 4 is 51.5 Å². The van der Waals surface area contributed by atoms with Gasteiger partial charge in [0.25, 0.3) is 5.91 Å². The molecule has 4 aromatic rings. The fourth-order valence-electron chi connectivity index (χ4n) is 3.38. The second-order valence-corrected chi connectivity index (χ2v) is 9.31. The molecule has 0 fully saturated rings. The molecule has 0 atom stereocenters. The summed E-state index contributed by atoms with van der Waals surface area (Å²) >= 11 is 2.74. The number of fused-ring (bicyclic) bond motifs is 1. The van der Waals surface area contributed by atoms with Crippen molar-refractivity contribution in [2.75, 3.05) is 17.6 Å². The number of aromatic nitrogens is 1. The summed E-state index contributed by atoms with van der Waals surface area (Å²) in [5, 5.41) is 8.42. The SMILES string of the molecule is O=C(CSc1cn(CCNC(=O)c2cccs2)c2ccccc12)Nc1ccc(OC(F)(F)F)cc1. The number of hydrogen-bond donors (Lipinski definition) is 2. The number of amides is 2. The maximum absolute atomic E-state index is 12.4. The lowest BCUT2D eigenvalue weighted by molar-refractivity contribution is -0.274. The highest BCUT2D eigenvalue weighted by molar-refractivity contribution is 8.00. The molecule has 4 rings (SSSR count). The molecule has 2 heterocycles. The third-order valence-corrected chi connectivity index (χ3v) is 6.78. The first-order chi connectivity index (χ1) is 16.8. The third kappa shape index (κ3) is 6.80. The van der Waals surface area contributed by atoms with Gasteiger partial charge in [-0.1, -0.05) is 24.3 Å². The highest BCUT2D eigenvalue weighted by Crippen LogP contribution is 2.30. The van der Waals surface area contributed by atoms with Crippen molar-refractivity contribution in [1.29, 1.82) is 0 Å². The summed E-state index contributed by atoms with van der Waals surface area (Å²) in [5.41, 5.74) is 1.36. The topological polar surface area (TPSA) is 72.4 Å². The predicted molar refractivity (Wildman–Crippen MR) is 131 cm³/mol. The van der Waals surface area contributed by atoms with Crippen LogP contribution in [0.5, 0.6) is 5.75 Å². The summed E-state index contributed by atoms with van der Waals surface area (Å²) in [6.07, 6.45) is -2.82. The van der Waals surface area contributed by atoms with Crippen LogP contribution in [0.25, 0.3) is 10.9 Å². The van der Waals surface area contributed by atoms with E-state index >= 15 is 0 Å². The molecule has 6 nitrogen and oxygen atoms in total. The largest absolute Gasteiger partial charge is 0.573 e. The number of thioether (sulfide) groups is 1. The molecule has 35 heavy (non-hydrogen) atoms. The average Bonchev–Trinajstić information content (AvgIpc) is 3.47. The fraction of sp³-hybridized carbons (Fsp3) is 0.167. The molecule has 2 aromatic heterocycles. The Bertz CT molecular complexity index is 1300. The molecule has 2 N–H and O–H groups in total. The number of nitrogens with zero attached hydrogens (tertiary/aromatic N) is 1. The van der Waals surface area contributed by atoms with Gasteiger partial charge in [0.1, 0.15) is 5.75 Å². The van der Waals surface area contributed by atoms with Crippen LogP contribution in [0.2, 0.25) is 0 Å². The van der Waals surface area contributed by atoms with Crippen LogP contribution in [-0.2, 0) is 11.3 Å². The van der Waals surface area contributed by atoms with Crippen LogP contribution in [0.4, 0.5) is 18.9 Å². The Balaban J connectivity index is 1.34. The van der Waals surface area contributed by atoms with Gasteiger partial charge in [0.15, 0.2) is 0 Å². The summed E-state index contributed by atoms with van der Waals surface area (Å²) in [4.78, 5) is 26.1. The van der Waals surface area contributed by atoms with E-state index in [2.05, 4.69) is 15.4 Å².